The van der Waals surface area contributed by atoms with Crippen molar-refractivity contribution in [3.63, 3.8) is 0 Å². The predicted octanol–water partition coefficient (Wildman–Crippen LogP) is 3.30. The SMILES string of the molecule is CCS(=O)(=O)Cc1cc2ccc(F)cc2n1C(C)C. The number of fused-ring (bicyclic) bond motifs is 1. The normalized spacial score (nSPS) is 12.5. The average molecular weight is 283 g/mol. The van der Waals surface area contributed by atoms with Crippen molar-refractivity contribution in [2.45, 2.75) is 32.6 Å². The Balaban J connectivity index is 2.64. The summed E-state index contributed by atoms with van der Waals surface area (Å²) in [5.74, 6) is -0.198. The molecule has 0 amide bonds. The maximum atomic E-state index is 13.4. The first-order chi connectivity index (χ1) is 8.84. The summed E-state index contributed by atoms with van der Waals surface area (Å²) < 4.78 is 38.9. The van der Waals surface area contributed by atoms with E-state index in [1.165, 1.54) is 12.1 Å². The molecule has 3 nitrogen and oxygen atoms in total. The highest BCUT2D eigenvalue weighted by Gasteiger charge is 2.17. The number of hydrogen-bond donors (Lipinski definition) is 0. The number of halogens is 1. The van der Waals surface area contributed by atoms with E-state index >= 15 is 0 Å². The van der Waals surface area contributed by atoms with E-state index in [0.717, 1.165) is 16.6 Å². The van der Waals surface area contributed by atoms with Gasteiger partial charge in [-0.25, -0.2) is 12.8 Å². The van der Waals surface area contributed by atoms with Gasteiger partial charge in [-0.15, -0.1) is 0 Å². The van der Waals surface area contributed by atoms with E-state index in [1.54, 1.807) is 13.0 Å². The number of benzene rings is 1. The van der Waals surface area contributed by atoms with Gasteiger partial charge in [0.15, 0.2) is 9.84 Å². The van der Waals surface area contributed by atoms with Crippen molar-refractivity contribution in [3.8, 4) is 0 Å². The fourth-order valence-corrected chi connectivity index (χ4v) is 3.18. The summed E-state index contributed by atoms with van der Waals surface area (Å²) in [5.41, 5.74) is 1.47. The lowest BCUT2D eigenvalue weighted by molar-refractivity contribution is 0.580. The van der Waals surface area contributed by atoms with Gasteiger partial charge in [0.1, 0.15) is 5.82 Å². The highest BCUT2D eigenvalue weighted by molar-refractivity contribution is 7.90. The van der Waals surface area contributed by atoms with Gasteiger partial charge in [0.25, 0.3) is 0 Å². The van der Waals surface area contributed by atoms with Crippen LogP contribution in [0.1, 0.15) is 32.5 Å². The summed E-state index contributed by atoms with van der Waals surface area (Å²) in [4.78, 5) is 0. The molecule has 0 saturated heterocycles. The lowest BCUT2D eigenvalue weighted by Crippen LogP contribution is -2.12. The van der Waals surface area contributed by atoms with Gasteiger partial charge in [-0.05, 0) is 38.1 Å². The van der Waals surface area contributed by atoms with Crippen LogP contribution in [0.25, 0.3) is 10.9 Å². The number of nitrogens with zero attached hydrogens (tertiary/aromatic N) is 1. The highest BCUT2D eigenvalue weighted by atomic mass is 32.2. The van der Waals surface area contributed by atoms with Gasteiger partial charge in [-0.2, -0.15) is 0 Å². The van der Waals surface area contributed by atoms with Crippen molar-refractivity contribution in [2.24, 2.45) is 0 Å². The molecule has 104 valence electrons. The zero-order valence-corrected chi connectivity index (χ0v) is 12.2. The fraction of sp³-hybridized carbons (Fsp3) is 0.429. The summed E-state index contributed by atoms with van der Waals surface area (Å²) >= 11 is 0. The number of aromatic nitrogens is 1. The van der Waals surface area contributed by atoms with Crippen molar-refractivity contribution in [2.75, 3.05) is 5.75 Å². The maximum absolute atomic E-state index is 13.4. The monoisotopic (exact) mass is 283 g/mol. The maximum Gasteiger partial charge on any atom is 0.155 e. The Morgan fingerprint density at radius 3 is 2.53 bits per heavy atom. The van der Waals surface area contributed by atoms with Crippen molar-refractivity contribution >= 4 is 20.7 Å². The Labute approximate surface area is 113 Å². The molecule has 0 saturated carbocycles. The van der Waals surface area contributed by atoms with Crippen LogP contribution in [-0.2, 0) is 15.6 Å². The van der Waals surface area contributed by atoms with Crippen LogP contribution in [0.4, 0.5) is 4.39 Å². The van der Waals surface area contributed by atoms with Gasteiger partial charge in [-0.3, -0.25) is 0 Å². The summed E-state index contributed by atoms with van der Waals surface area (Å²) in [5, 5.41) is 0.872. The van der Waals surface area contributed by atoms with Crippen molar-refractivity contribution in [3.05, 3.63) is 35.8 Å². The van der Waals surface area contributed by atoms with E-state index in [4.69, 9.17) is 0 Å². The quantitative estimate of drug-likeness (QED) is 0.863. The molecule has 2 rings (SSSR count). The molecule has 5 heteroatoms. The van der Waals surface area contributed by atoms with Gasteiger partial charge in [0, 0.05) is 22.9 Å². The van der Waals surface area contributed by atoms with Crippen LogP contribution in [0, 0.1) is 5.82 Å². The Morgan fingerprint density at radius 2 is 1.95 bits per heavy atom. The van der Waals surface area contributed by atoms with Crippen LogP contribution in [-0.4, -0.2) is 18.7 Å². The molecular weight excluding hydrogens is 265 g/mol. The molecule has 0 fully saturated rings. The zero-order valence-electron chi connectivity index (χ0n) is 11.4. The van der Waals surface area contributed by atoms with Gasteiger partial charge in [0.2, 0.25) is 0 Å². The topological polar surface area (TPSA) is 39.1 Å². The lowest BCUT2D eigenvalue weighted by atomic mass is 10.2. The third-order valence-corrected chi connectivity index (χ3v) is 4.82. The predicted molar refractivity (Wildman–Crippen MR) is 75.4 cm³/mol. The molecular formula is C14H18FNO2S. The third-order valence-electron chi connectivity index (χ3n) is 3.21. The second kappa shape index (κ2) is 4.96. The van der Waals surface area contributed by atoms with Gasteiger partial charge >= 0.3 is 0 Å². The van der Waals surface area contributed by atoms with E-state index in [0.29, 0.717) is 0 Å². The number of hydrogen-bond acceptors (Lipinski definition) is 2. The molecule has 0 aliphatic rings. The fourth-order valence-electron chi connectivity index (χ4n) is 2.30. The minimum atomic E-state index is -3.10. The van der Waals surface area contributed by atoms with E-state index in [1.807, 2.05) is 24.5 Å². The summed E-state index contributed by atoms with van der Waals surface area (Å²) in [6.07, 6.45) is 0. The van der Waals surface area contributed by atoms with Crippen molar-refractivity contribution < 1.29 is 12.8 Å². The molecule has 0 bridgehead atoms. The lowest BCUT2D eigenvalue weighted by Gasteiger charge is -2.14. The minimum absolute atomic E-state index is 0.00200. The summed E-state index contributed by atoms with van der Waals surface area (Å²) in [6.45, 7) is 5.57. The zero-order chi connectivity index (χ0) is 14.2. The van der Waals surface area contributed by atoms with Gasteiger partial charge in [-0.1, -0.05) is 6.92 Å². The van der Waals surface area contributed by atoms with E-state index in [9.17, 15) is 12.8 Å². The van der Waals surface area contributed by atoms with E-state index < -0.39 is 9.84 Å². The molecule has 0 aliphatic heterocycles. The van der Waals surface area contributed by atoms with Gasteiger partial charge < -0.3 is 4.57 Å². The van der Waals surface area contributed by atoms with Crippen LogP contribution in [0.5, 0.6) is 0 Å². The van der Waals surface area contributed by atoms with Crippen molar-refractivity contribution in [1.82, 2.24) is 4.57 Å². The van der Waals surface area contributed by atoms with Crippen LogP contribution in [0.15, 0.2) is 24.3 Å². The van der Waals surface area contributed by atoms with E-state index in [2.05, 4.69) is 0 Å². The highest BCUT2D eigenvalue weighted by Crippen LogP contribution is 2.26. The van der Waals surface area contributed by atoms with Crippen LogP contribution in [0.2, 0.25) is 0 Å². The first-order valence-electron chi connectivity index (χ1n) is 6.34. The number of sulfone groups is 1. The first-order valence-corrected chi connectivity index (χ1v) is 8.16. The number of rotatable bonds is 4. The second-order valence-electron chi connectivity index (χ2n) is 4.98. The summed E-state index contributed by atoms with van der Waals surface area (Å²) in [6, 6.07) is 6.46. The molecule has 19 heavy (non-hydrogen) atoms. The molecule has 0 aliphatic carbocycles. The van der Waals surface area contributed by atoms with E-state index in [-0.39, 0.29) is 23.4 Å². The largest absolute Gasteiger partial charge is 0.341 e. The standard InChI is InChI=1S/C14H18FNO2S/c1-4-19(17,18)9-13-7-11-5-6-12(15)8-14(11)16(13)10(2)3/h5-8,10H,4,9H2,1-3H3. The Kier molecular flexibility index (Phi) is 3.67. The minimum Gasteiger partial charge on any atom is -0.341 e. The molecule has 0 radical (unpaired) electrons. The molecule has 1 heterocycles. The summed E-state index contributed by atoms with van der Waals surface area (Å²) in [7, 11) is -3.10. The Hall–Kier alpha value is -1.36. The van der Waals surface area contributed by atoms with Crippen LogP contribution < -0.4 is 0 Å². The molecule has 0 N–H and O–H groups in total. The molecule has 0 spiro atoms. The Morgan fingerprint density at radius 1 is 1.26 bits per heavy atom. The van der Waals surface area contributed by atoms with Crippen LogP contribution in [0.3, 0.4) is 0 Å². The van der Waals surface area contributed by atoms with Crippen LogP contribution >= 0.6 is 0 Å². The smallest absolute Gasteiger partial charge is 0.155 e. The molecule has 2 aromatic rings. The molecule has 1 aromatic carbocycles. The average Bonchev–Trinajstić information content (AvgIpc) is 2.65. The second-order valence-corrected chi connectivity index (χ2v) is 7.33. The first kappa shape index (κ1) is 14.1. The Bertz CT molecular complexity index is 702. The molecule has 0 atom stereocenters. The molecule has 1 aromatic heterocycles. The van der Waals surface area contributed by atoms with Crippen molar-refractivity contribution in [1.29, 1.82) is 0 Å². The molecule has 0 unspecified atom stereocenters. The third kappa shape index (κ3) is 2.81. The van der Waals surface area contributed by atoms with Gasteiger partial charge in [0.05, 0.1) is 11.3 Å².